The second kappa shape index (κ2) is 5.70. The van der Waals surface area contributed by atoms with E-state index < -0.39 is 11.6 Å². The van der Waals surface area contributed by atoms with Gasteiger partial charge in [0.05, 0.1) is 4.88 Å². The molecule has 9 heteroatoms. The molecule has 8 nitrogen and oxygen atoms in total. The van der Waals surface area contributed by atoms with Crippen LogP contribution in [-0.2, 0) is 0 Å². The highest BCUT2D eigenvalue weighted by atomic mass is 32.1. The van der Waals surface area contributed by atoms with E-state index in [1.165, 1.54) is 11.3 Å². The molecule has 0 spiro atoms. The quantitative estimate of drug-likeness (QED) is 0.585. The lowest BCUT2D eigenvalue weighted by Gasteiger charge is -2.04. The van der Waals surface area contributed by atoms with Crippen LogP contribution in [0.15, 0.2) is 46.4 Å². The summed E-state index contributed by atoms with van der Waals surface area (Å²) in [5.74, 6) is -0.632. The topological polar surface area (TPSA) is 118 Å². The number of rotatable bonds is 3. The number of aromatic hydroxyl groups is 2. The fourth-order valence-corrected chi connectivity index (χ4v) is 2.68. The van der Waals surface area contributed by atoms with Crippen LogP contribution in [0.2, 0.25) is 0 Å². The van der Waals surface area contributed by atoms with Crippen LogP contribution in [0, 0.1) is 0 Å². The van der Waals surface area contributed by atoms with E-state index in [-0.39, 0.29) is 17.4 Å². The summed E-state index contributed by atoms with van der Waals surface area (Å²) in [4.78, 5) is 17.2. The Balaban J connectivity index is 1.82. The third-order valence-corrected chi connectivity index (χ3v) is 4.00. The molecule has 0 fully saturated rings. The van der Waals surface area contributed by atoms with Crippen LogP contribution in [0.25, 0.3) is 33.8 Å². The van der Waals surface area contributed by atoms with Crippen LogP contribution >= 0.6 is 11.3 Å². The van der Waals surface area contributed by atoms with Gasteiger partial charge in [-0.2, -0.15) is 9.97 Å². The third kappa shape index (κ3) is 2.46. The van der Waals surface area contributed by atoms with Crippen molar-refractivity contribution in [3.63, 3.8) is 0 Å². The highest BCUT2D eigenvalue weighted by molar-refractivity contribution is 7.13. The number of pyridine rings is 1. The number of hydrogen-bond acceptors (Lipinski definition) is 9. The number of thiophene rings is 1. The molecule has 0 saturated heterocycles. The molecule has 2 N–H and O–H groups in total. The van der Waals surface area contributed by atoms with Crippen LogP contribution < -0.4 is 0 Å². The summed E-state index contributed by atoms with van der Waals surface area (Å²) in [5.41, 5.74) is 0.380. The second-order valence-electron chi connectivity index (χ2n) is 4.68. The van der Waals surface area contributed by atoms with Crippen molar-refractivity contribution in [2.75, 3.05) is 0 Å². The first-order valence-electron chi connectivity index (χ1n) is 6.81. The van der Waals surface area contributed by atoms with Crippen LogP contribution in [0.4, 0.5) is 0 Å². The molecule has 0 saturated carbocycles. The lowest BCUT2D eigenvalue weighted by molar-refractivity contribution is 0.382. The predicted octanol–water partition coefficient (Wildman–Crippen LogP) is 2.73. The Morgan fingerprint density at radius 1 is 0.958 bits per heavy atom. The normalized spacial score (nSPS) is 10.8. The Hall–Kier alpha value is -3.33. The fraction of sp³-hybridized carbons (Fsp3) is 0. The van der Waals surface area contributed by atoms with Gasteiger partial charge in [-0.3, -0.25) is 4.98 Å². The van der Waals surface area contributed by atoms with Gasteiger partial charge in [0.1, 0.15) is 5.69 Å². The van der Waals surface area contributed by atoms with E-state index in [4.69, 9.17) is 4.52 Å². The standard InChI is InChI=1S/C15H9N5O3S/c21-11-10(15-19-13(20-23-15)9-5-3-7-24-9)17-12(18-14(11)22)8-4-1-2-6-16-8/h1-7,21H,(H,17,18,22). The molecule has 0 atom stereocenters. The van der Waals surface area contributed by atoms with Gasteiger partial charge in [-0.1, -0.05) is 17.3 Å². The first-order valence-corrected chi connectivity index (χ1v) is 7.69. The molecular formula is C15H9N5O3S. The maximum absolute atomic E-state index is 10.0. The zero-order chi connectivity index (χ0) is 16.5. The zero-order valence-electron chi connectivity index (χ0n) is 12.0. The molecule has 0 aliphatic rings. The first-order chi connectivity index (χ1) is 11.7. The lowest BCUT2D eigenvalue weighted by atomic mass is 10.3. The Morgan fingerprint density at radius 3 is 2.62 bits per heavy atom. The molecule has 24 heavy (non-hydrogen) atoms. The Morgan fingerprint density at radius 2 is 1.88 bits per heavy atom. The van der Waals surface area contributed by atoms with Crippen LogP contribution in [0.1, 0.15) is 0 Å². The largest absolute Gasteiger partial charge is 0.501 e. The van der Waals surface area contributed by atoms with E-state index in [2.05, 4.69) is 25.1 Å². The van der Waals surface area contributed by atoms with E-state index in [1.807, 2.05) is 17.5 Å². The van der Waals surface area contributed by atoms with Crippen molar-refractivity contribution in [3.8, 4) is 45.4 Å². The van der Waals surface area contributed by atoms with Gasteiger partial charge in [0, 0.05) is 6.20 Å². The van der Waals surface area contributed by atoms with Gasteiger partial charge in [0.25, 0.3) is 11.8 Å². The van der Waals surface area contributed by atoms with E-state index in [0.717, 1.165) is 4.88 Å². The van der Waals surface area contributed by atoms with Gasteiger partial charge in [-0.05, 0) is 23.6 Å². The molecule has 0 bridgehead atoms. The SMILES string of the molecule is Oc1nc(-c2ccccn2)nc(-c2nc(-c3cccs3)no2)c1O. The van der Waals surface area contributed by atoms with Crippen molar-refractivity contribution in [2.24, 2.45) is 0 Å². The molecule has 118 valence electrons. The Kier molecular flexibility index (Phi) is 3.39. The van der Waals surface area contributed by atoms with Gasteiger partial charge in [0.15, 0.2) is 11.5 Å². The van der Waals surface area contributed by atoms with Crippen molar-refractivity contribution in [3.05, 3.63) is 41.9 Å². The second-order valence-corrected chi connectivity index (χ2v) is 5.63. The summed E-state index contributed by atoms with van der Waals surface area (Å²) >= 11 is 1.45. The summed E-state index contributed by atoms with van der Waals surface area (Å²) in [6, 6.07) is 8.90. The molecule has 0 unspecified atom stereocenters. The van der Waals surface area contributed by atoms with Crippen molar-refractivity contribution in [1.82, 2.24) is 25.1 Å². The predicted molar refractivity (Wildman–Crippen MR) is 85.2 cm³/mol. The minimum absolute atomic E-state index is 0.0224. The van der Waals surface area contributed by atoms with Gasteiger partial charge in [0.2, 0.25) is 11.6 Å². The third-order valence-electron chi connectivity index (χ3n) is 3.13. The van der Waals surface area contributed by atoms with Crippen LogP contribution in [0.3, 0.4) is 0 Å². The zero-order valence-corrected chi connectivity index (χ0v) is 12.8. The fourth-order valence-electron chi connectivity index (χ4n) is 2.03. The Labute approximate surface area is 139 Å². The van der Waals surface area contributed by atoms with Crippen LogP contribution in [-0.4, -0.2) is 35.3 Å². The average molecular weight is 339 g/mol. The average Bonchev–Trinajstić information content (AvgIpc) is 3.29. The summed E-state index contributed by atoms with van der Waals surface area (Å²) in [6.45, 7) is 0. The summed E-state index contributed by atoms with van der Waals surface area (Å²) in [6.07, 6.45) is 1.57. The maximum atomic E-state index is 10.0. The first kappa shape index (κ1) is 14.3. The minimum Gasteiger partial charge on any atom is -0.501 e. The molecule has 4 heterocycles. The molecule has 0 amide bonds. The van der Waals surface area contributed by atoms with Crippen molar-refractivity contribution in [1.29, 1.82) is 0 Å². The molecule has 0 radical (unpaired) electrons. The molecular weight excluding hydrogens is 330 g/mol. The number of hydrogen-bond donors (Lipinski definition) is 2. The summed E-state index contributed by atoms with van der Waals surface area (Å²) in [5, 5.41) is 25.7. The van der Waals surface area contributed by atoms with E-state index in [1.54, 1.807) is 24.4 Å². The van der Waals surface area contributed by atoms with Gasteiger partial charge in [-0.15, -0.1) is 11.3 Å². The van der Waals surface area contributed by atoms with Crippen molar-refractivity contribution < 1.29 is 14.7 Å². The van der Waals surface area contributed by atoms with Gasteiger partial charge in [-0.25, -0.2) is 4.98 Å². The molecule has 4 aromatic heterocycles. The van der Waals surface area contributed by atoms with Crippen molar-refractivity contribution >= 4 is 11.3 Å². The van der Waals surface area contributed by atoms with Crippen molar-refractivity contribution in [2.45, 2.75) is 0 Å². The monoisotopic (exact) mass is 339 g/mol. The molecule has 0 aromatic carbocycles. The summed E-state index contributed by atoms with van der Waals surface area (Å²) in [7, 11) is 0. The smallest absolute Gasteiger partial charge is 0.281 e. The van der Waals surface area contributed by atoms with Crippen LogP contribution in [0.5, 0.6) is 11.6 Å². The molecule has 4 aromatic rings. The number of aromatic nitrogens is 5. The highest BCUT2D eigenvalue weighted by Crippen LogP contribution is 2.35. The van der Waals surface area contributed by atoms with Gasteiger partial charge >= 0.3 is 0 Å². The van der Waals surface area contributed by atoms with E-state index >= 15 is 0 Å². The maximum Gasteiger partial charge on any atom is 0.281 e. The molecule has 0 aliphatic heterocycles. The minimum atomic E-state index is -0.587. The van der Waals surface area contributed by atoms with E-state index in [0.29, 0.717) is 11.5 Å². The molecule has 0 aliphatic carbocycles. The number of nitrogens with zero attached hydrogens (tertiary/aromatic N) is 5. The summed E-state index contributed by atoms with van der Waals surface area (Å²) < 4.78 is 5.16. The Bertz CT molecular complexity index is 986. The lowest BCUT2D eigenvalue weighted by Crippen LogP contribution is -1.95. The van der Waals surface area contributed by atoms with E-state index in [9.17, 15) is 10.2 Å². The van der Waals surface area contributed by atoms with Gasteiger partial charge < -0.3 is 14.7 Å². The highest BCUT2D eigenvalue weighted by Gasteiger charge is 2.21. The molecule has 4 rings (SSSR count).